The molecule has 3 heteroatoms. The highest BCUT2D eigenvalue weighted by atomic mass is 19.1. The lowest BCUT2D eigenvalue weighted by molar-refractivity contribution is -0.660. The van der Waals surface area contributed by atoms with E-state index in [4.69, 9.17) is 4.42 Å². The van der Waals surface area contributed by atoms with Crippen LogP contribution in [0, 0.1) is 24.6 Å². The van der Waals surface area contributed by atoms with Gasteiger partial charge in [0.05, 0.1) is 11.1 Å². The topological polar surface area (TPSA) is 17.0 Å². The van der Waals surface area contributed by atoms with Crippen LogP contribution in [0.2, 0.25) is 0 Å². The van der Waals surface area contributed by atoms with Crippen LogP contribution in [0.3, 0.4) is 0 Å². The summed E-state index contributed by atoms with van der Waals surface area (Å²) in [7, 11) is 2.05. The van der Waals surface area contributed by atoms with Crippen molar-refractivity contribution in [1.29, 1.82) is 0 Å². The summed E-state index contributed by atoms with van der Waals surface area (Å²) in [6, 6.07) is 22.6. The first-order valence-electron chi connectivity index (χ1n) is 14.8. The number of benzene rings is 3. The molecule has 2 heterocycles. The molecule has 0 N–H and O–H groups in total. The van der Waals surface area contributed by atoms with Gasteiger partial charge in [0.2, 0.25) is 5.69 Å². The Morgan fingerprint density at radius 2 is 1.49 bits per heavy atom. The molecule has 39 heavy (non-hydrogen) atoms. The molecular weight excluding hydrogens is 481 g/mol. The van der Waals surface area contributed by atoms with Crippen LogP contribution >= 0.6 is 0 Å². The summed E-state index contributed by atoms with van der Waals surface area (Å²) in [6.07, 6.45) is 13.1. The highest BCUT2D eigenvalue weighted by Crippen LogP contribution is 2.46. The Labute approximate surface area is 230 Å². The number of rotatable bonds is 4. The zero-order valence-electron chi connectivity index (χ0n) is 23.1. The third-order valence-corrected chi connectivity index (χ3v) is 9.74. The fourth-order valence-electron chi connectivity index (χ4n) is 7.62. The summed E-state index contributed by atoms with van der Waals surface area (Å²) in [5.74, 6) is 2.22. The van der Waals surface area contributed by atoms with Crippen LogP contribution in [0.15, 0.2) is 77.3 Å². The maximum Gasteiger partial charge on any atom is 0.216 e. The van der Waals surface area contributed by atoms with Crippen LogP contribution < -0.4 is 4.57 Å². The Hall–Kier alpha value is -3.46. The van der Waals surface area contributed by atoms with Gasteiger partial charge in [0.15, 0.2) is 6.20 Å². The van der Waals surface area contributed by atoms with Crippen LogP contribution in [0.4, 0.5) is 4.39 Å². The molecule has 198 valence electrons. The largest absolute Gasteiger partial charge is 0.454 e. The zero-order chi connectivity index (χ0) is 26.5. The monoisotopic (exact) mass is 518 g/mol. The van der Waals surface area contributed by atoms with E-state index in [2.05, 4.69) is 54.0 Å². The van der Waals surface area contributed by atoms with Crippen LogP contribution in [0.5, 0.6) is 0 Å². The van der Waals surface area contributed by atoms with E-state index >= 15 is 4.39 Å². The fraction of sp³-hybridized carbons (Fsp3) is 0.361. The highest BCUT2D eigenvalue weighted by molar-refractivity contribution is 6.13. The molecule has 2 nitrogen and oxygen atoms in total. The number of aryl methyl sites for hydroxylation is 2. The van der Waals surface area contributed by atoms with E-state index in [0.29, 0.717) is 17.1 Å². The number of halogens is 1. The second-order valence-corrected chi connectivity index (χ2v) is 12.0. The summed E-state index contributed by atoms with van der Waals surface area (Å²) in [5, 5.41) is 1.98. The first kappa shape index (κ1) is 24.6. The van der Waals surface area contributed by atoms with E-state index in [1.165, 1.54) is 56.9 Å². The van der Waals surface area contributed by atoms with Gasteiger partial charge in [-0.3, -0.25) is 0 Å². The number of furan rings is 1. The first-order valence-corrected chi connectivity index (χ1v) is 14.8. The first-order chi connectivity index (χ1) is 19.1. The van der Waals surface area contributed by atoms with Gasteiger partial charge in [-0.15, -0.1) is 0 Å². The molecule has 2 saturated carbocycles. The van der Waals surface area contributed by atoms with Crippen LogP contribution in [0.1, 0.15) is 68.4 Å². The van der Waals surface area contributed by atoms with Gasteiger partial charge in [-0.05, 0) is 78.8 Å². The van der Waals surface area contributed by atoms with Crippen molar-refractivity contribution in [2.75, 3.05) is 0 Å². The van der Waals surface area contributed by atoms with E-state index in [0.717, 1.165) is 50.6 Å². The van der Waals surface area contributed by atoms with Crippen LogP contribution in [0.25, 0.3) is 44.3 Å². The van der Waals surface area contributed by atoms with Crippen molar-refractivity contribution in [2.45, 2.75) is 64.2 Å². The summed E-state index contributed by atoms with van der Waals surface area (Å²) >= 11 is 0. The van der Waals surface area contributed by atoms with Crippen molar-refractivity contribution in [3.63, 3.8) is 0 Å². The minimum atomic E-state index is -0.240. The van der Waals surface area contributed by atoms with Gasteiger partial charge >= 0.3 is 0 Å². The highest BCUT2D eigenvalue weighted by Gasteiger charge is 2.32. The lowest BCUT2D eigenvalue weighted by atomic mass is 9.78. The Morgan fingerprint density at radius 3 is 2.26 bits per heavy atom. The maximum atomic E-state index is 15.5. The lowest BCUT2D eigenvalue weighted by Crippen LogP contribution is -2.30. The number of hydrogen-bond acceptors (Lipinski definition) is 1. The molecule has 3 aromatic carbocycles. The number of hydrogen-bond donors (Lipinski definition) is 0. The summed E-state index contributed by atoms with van der Waals surface area (Å²) in [5.41, 5.74) is 7.56. The molecule has 0 amide bonds. The Bertz CT molecular complexity index is 1660. The minimum absolute atomic E-state index is 0.240. The fourth-order valence-corrected chi connectivity index (χ4v) is 7.62. The molecule has 2 unspecified atom stereocenters. The molecule has 7 rings (SSSR count). The summed E-state index contributed by atoms with van der Waals surface area (Å²) < 4.78 is 24.2. The second-order valence-electron chi connectivity index (χ2n) is 12.0. The van der Waals surface area contributed by atoms with Gasteiger partial charge in [0.25, 0.3) is 0 Å². The van der Waals surface area contributed by atoms with Gasteiger partial charge in [0, 0.05) is 22.9 Å². The van der Waals surface area contributed by atoms with E-state index in [1.54, 1.807) is 6.07 Å². The summed E-state index contributed by atoms with van der Waals surface area (Å²) in [6.45, 7) is 2.11. The van der Waals surface area contributed by atoms with Crippen molar-refractivity contribution in [2.24, 2.45) is 18.9 Å². The van der Waals surface area contributed by atoms with Crippen LogP contribution in [-0.2, 0) is 7.05 Å². The molecular formula is C36H37FNO+. The average molecular weight is 519 g/mol. The molecule has 0 spiro atoms. The molecule has 0 aliphatic heterocycles. The quantitative estimate of drug-likeness (QED) is 0.216. The van der Waals surface area contributed by atoms with Gasteiger partial charge in [0.1, 0.15) is 24.0 Å². The van der Waals surface area contributed by atoms with Gasteiger partial charge in [-0.25, -0.2) is 8.96 Å². The summed E-state index contributed by atoms with van der Waals surface area (Å²) in [4.78, 5) is 0. The number of aromatic nitrogens is 1. The molecule has 2 aromatic heterocycles. The molecule has 2 fully saturated rings. The molecule has 2 atom stereocenters. The van der Waals surface area contributed by atoms with Crippen molar-refractivity contribution >= 4 is 21.9 Å². The van der Waals surface area contributed by atoms with Crippen molar-refractivity contribution in [3.8, 4) is 22.4 Å². The minimum Gasteiger partial charge on any atom is -0.454 e. The van der Waals surface area contributed by atoms with Gasteiger partial charge in [-0.1, -0.05) is 68.5 Å². The number of pyridine rings is 1. The lowest BCUT2D eigenvalue weighted by Gasteiger charge is -2.27. The van der Waals surface area contributed by atoms with Gasteiger partial charge < -0.3 is 4.42 Å². The zero-order valence-corrected chi connectivity index (χ0v) is 23.1. The third-order valence-electron chi connectivity index (χ3n) is 9.74. The standard InChI is InChI=1S/C36H37FNO/c1-23-11-18-29-30-19-20-31(37)34(36(30)39-35(29)33(23)32-10-6-7-21-38(32)2)26-14-12-25(13-15-26)28-17-16-27(22-28)24-8-4-3-5-9-24/h6-7,10-15,18-21,24,27-28H,3-5,8-9,16-17,22H2,1-2H3/q+1. The average Bonchev–Trinajstić information content (AvgIpc) is 3.60. The van der Waals surface area contributed by atoms with Crippen molar-refractivity contribution in [3.05, 3.63) is 89.9 Å². The Balaban J connectivity index is 1.26. The Kier molecular flexibility index (Phi) is 6.26. The molecule has 5 aromatic rings. The number of fused-ring (bicyclic) bond motifs is 3. The van der Waals surface area contributed by atoms with E-state index in [-0.39, 0.29) is 5.82 Å². The van der Waals surface area contributed by atoms with E-state index in [1.807, 2.05) is 31.4 Å². The predicted molar refractivity (Wildman–Crippen MR) is 157 cm³/mol. The van der Waals surface area contributed by atoms with Crippen molar-refractivity contribution in [1.82, 2.24) is 0 Å². The molecule has 0 saturated heterocycles. The Morgan fingerprint density at radius 1 is 0.744 bits per heavy atom. The SMILES string of the molecule is Cc1ccc2c(oc3c(-c4ccc(C5CCC(C6CCCCC6)C5)cc4)c(F)ccc32)c1-c1cccc[n+]1C. The van der Waals surface area contributed by atoms with E-state index < -0.39 is 0 Å². The predicted octanol–water partition coefficient (Wildman–Crippen LogP) is 9.66. The maximum absolute atomic E-state index is 15.5. The molecule has 0 radical (unpaired) electrons. The van der Waals surface area contributed by atoms with Crippen LogP contribution in [-0.4, -0.2) is 0 Å². The van der Waals surface area contributed by atoms with Gasteiger partial charge in [-0.2, -0.15) is 0 Å². The smallest absolute Gasteiger partial charge is 0.216 e. The number of nitrogens with zero attached hydrogens (tertiary/aromatic N) is 1. The van der Waals surface area contributed by atoms with Crippen molar-refractivity contribution < 1.29 is 13.4 Å². The molecule has 2 aliphatic carbocycles. The third kappa shape index (κ3) is 4.27. The van der Waals surface area contributed by atoms with E-state index in [9.17, 15) is 0 Å². The normalized spacial score (nSPS) is 20.3. The molecule has 2 aliphatic rings. The second kappa shape index (κ2) is 9.93. The molecule has 0 bridgehead atoms.